The van der Waals surface area contributed by atoms with Gasteiger partial charge in [0.1, 0.15) is 44.8 Å². The van der Waals surface area contributed by atoms with Crippen LogP contribution in [0.15, 0.2) is 84.9 Å². The van der Waals surface area contributed by atoms with Gasteiger partial charge in [-0.1, -0.05) is 132 Å². The molecule has 0 saturated carbocycles. The molecule has 8 aromatic rings. The molecular formula is C60H68N6O2S2. The number of aromatic nitrogens is 4. The summed E-state index contributed by atoms with van der Waals surface area (Å²) in [5, 5.41) is 26.7. The van der Waals surface area contributed by atoms with Gasteiger partial charge < -0.3 is 19.4 Å². The minimum Gasteiger partial charge on any atom is -0.494 e. The number of fused-ring (bicyclic) bond motifs is 3. The van der Waals surface area contributed by atoms with E-state index < -0.39 is 0 Å². The van der Waals surface area contributed by atoms with Crippen LogP contribution in [-0.4, -0.2) is 33.1 Å². The minimum atomic E-state index is -0.0478. The zero-order valence-electron chi connectivity index (χ0n) is 42.4. The van der Waals surface area contributed by atoms with Gasteiger partial charge in [-0.2, -0.15) is 10.5 Å². The molecule has 0 atom stereocenters. The highest BCUT2D eigenvalue weighted by molar-refractivity contribution is 7.20. The SMILES string of the molecule is CCCCCCCCOc1ccc(-c2[nH]/c(=C(/C#N)c3nc4ccc(C(C)(C)C)cc4s3)c3c(-c4ccc(OCCCCCCCC)cc4)[nH]/c(=C(/C#N)c4nc5ccc(C(C)(C)C)cc5s4)c23)cc1. The van der Waals surface area contributed by atoms with E-state index in [0.29, 0.717) is 45.1 Å². The van der Waals surface area contributed by atoms with Crippen molar-refractivity contribution in [3.63, 3.8) is 0 Å². The Balaban J connectivity index is 1.33. The second-order valence-corrected chi connectivity index (χ2v) is 22.7. The molecule has 0 aliphatic rings. The van der Waals surface area contributed by atoms with Crippen molar-refractivity contribution in [1.82, 2.24) is 19.9 Å². The van der Waals surface area contributed by atoms with E-state index in [0.717, 1.165) is 90.9 Å². The zero-order valence-corrected chi connectivity index (χ0v) is 44.0. The maximum Gasteiger partial charge on any atom is 0.137 e. The monoisotopic (exact) mass is 968 g/mol. The van der Waals surface area contributed by atoms with Crippen molar-refractivity contribution in [2.75, 3.05) is 13.2 Å². The Bertz CT molecular complexity index is 3070. The molecule has 0 spiro atoms. The Labute approximate surface area is 422 Å². The molecule has 0 unspecified atom stereocenters. The second kappa shape index (κ2) is 22.3. The van der Waals surface area contributed by atoms with Gasteiger partial charge in [0.2, 0.25) is 0 Å². The van der Waals surface area contributed by atoms with Crippen LogP contribution < -0.4 is 20.2 Å². The molecule has 362 valence electrons. The van der Waals surface area contributed by atoms with Gasteiger partial charge in [0.25, 0.3) is 0 Å². The first kappa shape index (κ1) is 50.2. The number of benzene rings is 4. The molecule has 70 heavy (non-hydrogen) atoms. The van der Waals surface area contributed by atoms with Crippen LogP contribution in [0.5, 0.6) is 11.5 Å². The van der Waals surface area contributed by atoms with Crippen LogP contribution in [0.4, 0.5) is 0 Å². The summed E-state index contributed by atoms with van der Waals surface area (Å²) in [6.07, 6.45) is 14.4. The lowest BCUT2D eigenvalue weighted by Crippen LogP contribution is -2.10. The topological polar surface area (TPSA) is 123 Å². The van der Waals surface area contributed by atoms with Crippen molar-refractivity contribution in [2.45, 2.75) is 143 Å². The molecule has 0 saturated heterocycles. The molecule has 8 rings (SSSR count). The van der Waals surface area contributed by atoms with Crippen molar-refractivity contribution >= 4 is 65.0 Å². The van der Waals surface area contributed by atoms with Crippen LogP contribution in [0.2, 0.25) is 0 Å². The van der Waals surface area contributed by atoms with Crippen molar-refractivity contribution in [1.29, 1.82) is 10.5 Å². The summed E-state index contributed by atoms with van der Waals surface area (Å²) in [4.78, 5) is 17.8. The Morgan fingerprint density at radius 3 is 1.24 bits per heavy atom. The normalized spacial score (nSPS) is 12.9. The lowest BCUT2D eigenvalue weighted by atomic mass is 9.87. The number of thiazole rings is 2. The van der Waals surface area contributed by atoms with Gasteiger partial charge in [-0.3, -0.25) is 0 Å². The summed E-state index contributed by atoms with van der Waals surface area (Å²) in [5.41, 5.74) is 8.18. The van der Waals surface area contributed by atoms with Crippen LogP contribution in [0, 0.1) is 22.7 Å². The molecule has 0 aliphatic heterocycles. The predicted molar refractivity (Wildman–Crippen MR) is 293 cm³/mol. The number of unbranched alkanes of at least 4 members (excludes halogenated alkanes) is 10. The van der Waals surface area contributed by atoms with Crippen LogP contribution in [0.3, 0.4) is 0 Å². The highest BCUT2D eigenvalue weighted by Crippen LogP contribution is 2.37. The standard InChI is InChI=1S/C60H68N6O2S2/c1-9-11-13-15-17-19-33-67-43-27-21-39(22-28-43)53-51-52(56(65-53)46(38-62)58-64-48-32-26-42(60(6,7)8)36-50(48)70-58)54(40-23-29-44(30-24-40)68-34-20-18-16-14-12-10-2)66-55(51)45(37-61)57-63-47-31-25-41(59(3,4)5)35-49(47)69-57/h21-32,35-36,65-66H,9-20,33-34H2,1-8H3/b55-45-,56-46-. The molecule has 0 fully saturated rings. The summed E-state index contributed by atoms with van der Waals surface area (Å²) in [5.74, 6) is 1.60. The highest BCUT2D eigenvalue weighted by atomic mass is 32.1. The van der Waals surface area contributed by atoms with E-state index in [2.05, 4.69) is 138 Å². The molecule has 4 aromatic heterocycles. The molecule has 4 heterocycles. The summed E-state index contributed by atoms with van der Waals surface area (Å²) < 4.78 is 14.5. The Hall–Kier alpha value is -6.20. The van der Waals surface area contributed by atoms with Crippen molar-refractivity contribution < 1.29 is 9.47 Å². The molecule has 0 aliphatic carbocycles. The molecule has 0 bridgehead atoms. The average Bonchev–Trinajstić information content (AvgIpc) is 4.14. The number of hydrogen-bond acceptors (Lipinski definition) is 8. The van der Waals surface area contributed by atoms with E-state index in [-0.39, 0.29) is 10.8 Å². The molecule has 4 aromatic carbocycles. The number of nitrogens with one attached hydrogen (secondary N) is 2. The van der Waals surface area contributed by atoms with Crippen molar-refractivity contribution in [2.24, 2.45) is 0 Å². The molecule has 2 N–H and O–H groups in total. The molecule has 8 nitrogen and oxygen atoms in total. The number of aromatic amines is 2. The minimum absolute atomic E-state index is 0.0478. The van der Waals surface area contributed by atoms with E-state index in [4.69, 9.17) is 19.4 Å². The third-order valence-corrected chi connectivity index (χ3v) is 15.3. The van der Waals surface area contributed by atoms with Gasteiger partial charge >= 0.3 is 0 Å². The number of nitrogens with zero attached hydrogens (tertiary/aromatic N) is 4. The number of rotatable bonds is 20. The number of H-pyrrole nitrogens is 2. The summed E-state index contributed by atoms with van der Waals surface area (Å²) >= 11 is 3.05. The van der Waals surface area contributed by atoms with Crippen LogP contribution >= 0.6 is 22.7 Å². The highest BCUT2D eigenvalue weighted by Gasteiger charge is 2.25. The quantitative estimate of drug-likeness (QED) is 0.0733. The second-order valence-electron chi connectivity index (χ2n) is 20.7. The van der Waals surface area contributed by atoms with Gasteiger partial charge in [-0.15, -0.1) is 22.7 Å². The molecule has 10 heteroatoms. The van der Waals surface area contributed by atoms with Crippen molar-refractivity contribution in [3.8, 4) is 46.2 Å². The molecule has 0 radical (unpaired) electrons. The first-order chi connectivity index (χ1) is 33.8. The third-order valence-electron chi connectivity index (χ3n) is 13.2. The van der Waals surface area contributed by atoms with E-state index >= 15 is 0 Å². The zero-order chi connectivity index (χ0) is 49.4. The first-order valence-electron chi connectivity index (χ1n) is 25.4. The van der Waals surface area contributed by atoms with Gasteiger partial charge in [0.05, 0.1) is 55.7 Å². The van der Waals surface area contributed by atoms with E-state index in [1.807, 2.05) is 24.3 Å². The maximum atomic E-state index is 11.3. The van der Waals surface area contributed by atoms with Gasteiger partial charge in [-0.05, 0) is 119 Å². The van der Waals surface area contributed by atoms with E-state index in [1.165, 1.54) is 85.2 Å². The van der Waals surface area contributed by atoms with Crippen LogP contribution in [0.25, 0.3) is 64.9 Å². The van der Waals surface area contributed by atoms with Gasteiger partial charge in [0, 0.05) is 10.8 Å². The van der Waals surface area contributed by atoms with E-state index in [9.17, 15) is 10.5 Å². The summed E-state index contributed by atoms with van der Waals surface area (Å²) in [6, 6.07) is 34.3. The molecule has 0 amide bonds. The number of nitriles is 2. The van der Waals surface area contributed by atoms with E-state index in [1.54, 1.807) is 0 Å². The Morgan fingerprint density at radius 2 is 0.886 bits per heavy atom. The average molecular weight is 969 g/mol. The Kier molecular flexibility index (Phi) is 16.0. The lowest BCUT2D eigenvalue weighted by molar-refractivity contribution is 0.304. The van der Waals surface area contributed by atoms with Crippen LogP contribution in [-0.2, 0) is 10.8 Å². The maximum absolute atomic E-state index is 11.3. The Morgan fingerprint density at radius 1 is 0.514 bits per heavy atom. The fraction of sp³-hybridized carbons (Fsp3) is 0.400. The molecular weight excluding hydrogens is 901 g/mol. The van der Waals surface area contributed by atoms with Gasteiger partial charge in [0.15, 0.2) is 0 Å². The number of ether oxygens (including phenoxy) is 2. The summed E-state index contributed by atoms with van der Waals surface area (Å²) in [6.45, 7) is 19.0. The largest absolute Gasteiger partial charge is 0.494 e. The third kappa shape index (κ3) is 11.4. The first-order valence-corrected chi connectivity index (χ1v) is 27.1. The smallest absolute Gasteiger partial charge is 0.137 e. The van der Waals surface area contributed by atoms with Crippen molar-refractivity contribution in [3.05, 3.63) is 117 Å². The predicted octanol–water partition coefficient (Wildman–Crippen LogP) is 15.6. The fourth-order valence-electron chi connectivity index (χ4n) is 9.06. The van der Waals surface area contributed by atoms with Gasteiger partial charge in [-0.25, -0.2) is 9.97 Å². The fourth-order valence-corrected chi connectivity index (χ4v) is 11.1. The van der Waals surface area contributed by atoms with Crippen LogP contribution in [0.1, 0.15) is 154 Å². The number of hydrogen-bond donors (Lipinski definition) is 2. The lowest BCUT2D eigenvalue weighted by Gasteiger charge is -2.18. The summed E-state index contributed by atoms with van der Waals surface area (Å²) in [7, 11) is 0.